The zero-order valence-corrected chi connectivity index (χ0v) is 13.1. The molecule has 0 fully saturated rings. The molecule has 6 heteroatoms. The van der Waals surface area contributed by atoms with Crippen molar-refractivity contribution in [3.63, 3.8) is 0 Å². The molecule has 1 amide bonds. The molecule has 0 heterocycles. The lowest BCUT2D eigenvalue weighted by Crippen LogP contribution is -2.36. The highest BCUT2D eigenvalue weighted by molar-refractivity contribution is 9.10. The second-order valence-corrected chi connectivity index (χ2v) is 5.07. The SMILES string of the molecule is COCCN(CCO)C(=O)CCOc1ccc(Br)cc1. The van der Waals surface area contributed by atoms with Crippen LogP contribution in [0.3, 0.4) is 0 Å². The number of amides is 1. The molecule has 0 aromatic heterocycles. The minimum atomic E-state index is -0.0526. The fraction of sp³-hybridized carbons (Fsp3) is 0.500. The monoisotopic (exact) mass is 345 g/mol. The number of hydrogen-bond donors (Lipinski definition) is 1. The summed E-state index contributed by atoms with van der Waals surface area (Å²) < 4.78 is 11.4. The molecule has 0 unspecified atom stereocenters. The van der Waals surface area contributed by atoms with Crippen molar-refractivity contribution in [1.82, 2.24) is 4.90 Å². The summed E-state index contributed by atoms with van der Waals surface area (Å²) in [6, 6.07) is 7.44. The van der Waals surface area contributed by atoms with Crippen LogP contribution in [-0.4, -0.2) is 55.9 Å². The third-order valence-corrected chi connectivity index (χ3v) is 3.21. The smallest absolute Gasteiger partial charge is 0.226 e. The van der Waals surface area contributed by atoms with Crippen LogP contribution in [0.5, 0.6) is 5.75 Å². The van der Waals surface area contributed by atoms with E-state index < -0.39 is 0 Å². The first-order valence-corrected chi connectivity index (χ1v) is 7.22. The first-order chi connectivity index (χ1) is 9.67. The molecule has 0 spiro atoms. The van der Waals surface area contributed by atoms with Gasteiger partial charge < -0.3 is 19.5 Å². The van der Waals surface area contributed by atoms with E-state index >= 15 is 0 Å². The van der Waals surface area contributed by atoms with Gasteiger partial charge in [0.05, 0.1) is 26.2 Å². The van der Waals surface area contributed by atoms with Crippen LogP contribution in [0.4, 0.5) is 0 Å². The van der Waals surface area contributed by atoms with E-state index in [1.807, 2.05) is 24.3 Å². The third kappa shape index (κ3) is 6.36. The maximum absolute atomic E-state index is 12.0. The number of benzene rings is 1. The molecule has 0 aliphatic heterocycles. The minimum Gasteiger partial charge on any atom is -0.493 e. The van der Waals surface area contributed by atoms with E-state index in [1.54, 1.807) is 12.0 Å². The molecule has 20 heavy (non-hydrogen) atoms. The largest absolute Gasteiger partial charge is 0.493 e. The van der Waals surface area contributed by atoms with Crippen molar-refractivity contribution in [2.45, 2.75) is 6.42 Å². The first kappa shape index (κ1) is 16.9. The Bertz CT molecular complexity index is 397. The summed E-state index contributed by atoms with van der Waals surface area (Å²) in [5.41, 5.74) is 0. The van der Waals surface area contributed by atoms with Gasteiger partial charge in [0.2, 0.25) is 5.91 Å². The molecule has 5 nitrogen and oxygen atoms in total. The summed E-state index contributed by atoms with van der Waals surface area (Å²) >= 11 is 3.35. The summed E-state index contributed by atoms with van der Waals surface area (Å²) in [6.07, 6.45) is 0.278. The number of rotatable bonds is 9. The van der Waals surface area contributed by atoms with Crippen molar-refractivity contribution in [1.29, 1.82) is 0 Å². The maximum atomic E-state index is 12.0. The van der Waals surface area contributed by atoms with E-state index in [-0.39, 0.29) is 18.9 Å². The average molecular weight is 346 g/mol. The number of carbonyl (C=O) groups excluding carboxylic acids is 1. The Morgan fingerprint density at radius 2 is 1.95 bits per heavy atom. The second-order valence-electron chi connectivity index (χ2n) is 4.15. The van der Waals surface area contributed by atoms with Crippen molar-refractivity contribution < 1.29 is 19.4 Å². The van der Waals surface area contributed by atoms with Crippen LogP contribution in [0, 0.1) is 0 Å². The number of ether oxygens (including phenoxy) is 2. The van der Waals surface area contributed by atoms with Gasteiger partial charge in [-0.05, 0) is 24.3 Å². The third-order valence-electron chi connectivity index (χ3n) is 2.69. The molecular formula is C14H20BrNO4. The van der Waals surface area contributed by atoms with E-state index in [2.05, 4.69) is 15.9 Å². The van der Waals surface area contributed by atoms with Crippen molar-refractivity contribution in [2.75, 3.05) is 40.0 Å². The van der Waals surface area contributed by atoms with Crippen LogP contribution < -0.4 is 4.74 Å². The van der Waals surface area contributed by atoms with Gasteiger partial charge in [-0.25, -0.2) is 0 Å². The summed E-state index contributed by atoms with van der Waals surface area (Å²) in [5, 5.41) is 8.94. The highest BCUT2D eigenvalue weighted by atomic mass is 79.9. The molecule has 0 aliphatic carbocycles. The molecule has 0 saturated carbocycles. The number of carbonyl (C=O) groups is 1. The van der Waals surface area contributed by atoms with Gasteiger partial charge >= 0.3 is 0 Å². The predicted octanol–water partition coefficient (Wildman–Crippen LogP) is 1.69. The Balaban J connectivity index is 2.34. The van der Waals surface area contributed by atoms with Gasteiger partial charge in [0.25, 0.3) is 0 Å². The fourth-order valence-electron chi connectivity index (χ4n) is 1.63. The molecule has 112 valence electrons. The Morgan fingerprint density at radius 3 is 2.55 bits per heavy atom. The van der Waals surface area contributed by atoms with Crippen LogP contribution in [0.1, 0.15) is 6.42 Å². The van der Waals surface area contributed by atoms with Gasteiger partial charge in [0.1, 0.15) is 5.75 Å². The molecule has 0 aliphatic rings. The van der Waals surface area contributed by atoms with E-state index in [4.69, 9.17) is 14.6 Å². The van der Waals surface area contributed by atoms with Crippen molar-refractivity contribution in [3.05, 3.63) is 28.7 Å². The number of nitrogens with zero attached hydrogens (tertiary/aromatic N) is 1. The van der Waals surface area contributed by atoms with Crippen molar-refractivity contribution >= 4 is 21.8 Å². The molecule has 0 atom stereocenters. The second kappa shape index (κ2) is 9.74. The zero-order chi connectivity index (χ0) is 14.8. The van der Waals surface area contributed by atoms with Crippen LogP contribution in [0.15, 0.2) is 28.7 Å². The van der Waals surface area contributed by atoms with Crippen LogP contribution in [0.25, 0.3) is 0 Å². The molecule has 1 rings (SSSR count). The summed E-state index contributed by atoms with van der Waals surface area (Å²) in [4.78, 5) is 13.5. The van der Waals surface area contributed by atoms with E-state index in [9.17, 15) is 4.79 Å². The van der Waals surface area contributed by atoms with Crippen molar-refractivity contribution in [3.8, 4) is 5.75 Å². The average Bonchev–Trinajstić information content (AvgIpc) is 2.45. The summed E-state index contributed by atoms with van der Waals surface area (Å²) in [6.45, 7) is 1.52. The van der Waals surface area contributed by atoms with E-state index in [0.29, 0.717) is 26.3 Å². The van der Waals surface area contributed by atoms with Gasteiger partial charge in [0, 0.05) is 24.7 Å². The number of halogens is 1. The zero-order valence-electron chi connectivity index (χ0n) is 11.5. The number of aliphatic hydroxyl groups is 1. The van der Waals surface area contributed by atoms with E-state index in [0.717, 1.165) is 10.2 Å². The Hall–Kier alpha value is -1.11. The summed E-state index contributed by atoms with van der Waals surface area (Å²) in [7, 11) is 1.58. The van der Waals surface area contributed by atoms with Gasteiger partial charge in [0.15, 0.2) is 0 Å². The Labute approximate surface area is 127 Å². The van der Waals surface area contributed by atoms with Gasteiger partial charge in [-0.2, -0.15) is 0 Å². The predicted molar refractivity (Wildman–Crippen MR) is 79.8 cm³/mol. The molecule has 0 radical (unpaired) electrons. The van der Waals surface area contributed by atoms with Crippen LogP contribution in [-0.2, 0) is 9.53 Å². The molecule has 1 aromatic carbocycles. The van der Waals surface area contributed by atoms with E-state index in [1.165, 1.54) is 0 Å². The van der Waals surface area contributed by atoms with Crippen LogP contribution in [0.2, 0.25) is 0 Å². The molecule has 1 N–H and O–H groups in total. The number of hydrogen-bond acceptors (Lipinski definition) is 4. The normalized spacial score (nSPS) is 10.3. The van der Waals surface area contributed by atoms with Gasteiger partial charge in [-0.3, -0.25) is 4.79 Å². The molecule has 0 bridgehead atoms. The topological polar surface area (TPSA) is 59.0 Å². The Morgan fingerprint density at radius 1 is 1.25 bits per heavy atom. The highest BCUT2D eigenvalue weighted by Gasteiger charge is 2.12. The minimum absolute atomic E-state index is 0.0480. The molecular weight excluding hydrogens is 326 g/mol. The lowest BCUT2D eigenvalue weighted by molar-refractivity contribution is -0.132. The van der Waals surface area contributed by atoms with Crippen molar-refractivity contribution in [2.24, 2.45) is 0 Å². The Kier molecular flexibility index (Phi) is 8.25. The highest BCUT2D eigenvalue weighted by Crippen LogP contribution is 2.16. The summed E-state index contributed by atoms with van der Waals surface area (Å²) in [5.74, 6) is 0.680. The molecule has 1 aromatic rings. The lowest BCUT2D eigenvalue weighted by Gasteiger charge is -2.21. The van der Waals surface area contributed by atoms with Gasteiger partial charge in [-0.1, -0.05) is 15.9 Å². The fourth-order valence-corrected chi connectivity index (χ4v) is 1.89. The lowest BCUT2D eigenvalue weighted by atomic mass is 10.3. The number of methoxy groups -OCH3 is 1. The standard InChI is InChI=1S/C14H20BrNO4/c1-19-11-8-16(7-9-17)14(18)6-10-20-13-4-2-12(15)3-5-13/h2-5,17H,6-11H2,1H3. The van der Waals surface area contributed by atoms with Gasteiger partial charge in [-0.15, -0.1) is 0 Å². The van der Waals surface area contributed by atoms with Crippen LogP contribution >= 0.6 is 15.9 Å². The first-order valence-electron chi connectivity index (χ1n) is 6.43. The molecule has 0 saturated heterocycles. The number of aliphatic hydroxyl groups excluding tert-OH is 1. The maximum Gasteiger partial charge on any atom is 0.226 e. The quantitative estimate of drug-likeness (QED) is 0.739.